The summed E-state index contributed by atoms with van der Waals surface area (Å²) >= 11 is 0. The summed E-state index contributed by atoms with van der Waals surface area (Å²) in [5.41, 5.74) is 0. The molecule has 0 fully saturated rings. The minimum absolute atomic E-state index is 0. The normalized spacial score (nSPS) is 9.56. The number of hydrogen-bond acceptors (Lipinski definition) is 3. The third-order valence-corrected chi connectivity index (χ3v) is 0.987. The second-order valence-electron chi connectivity index (χ2n) is 1.43. The molecule has 0 aromatic rings. The number of sulfonamides is 1. The van der Waals surface area contributed by atoms with Gasteiger partial charge in [0.25, 0.3) is 0 Å². The number of nitrogens with one attached hydrogen (secondary N) is 1. The fraction of sp³-hybridized carbons (Fsp3) is 0.750. The standard InChI is InChI=1S/C3H7NO3S.CH4/c1-3(5)4-8(2,6)7;/h1-2H3,(H,4,5);1H4. The first-order valence-corrected chi connectivity index (χ1v) is 3.79. The molecule has 0 rings (SSSR count). The molecule has 0 aliphatic heterocycles. The van der Waals surface area contributed by atoms with E-state index >= 15 is 0 Å². The van der Waals surface area contributed by atoms with Crippen LogP contribution in [0, 0.1) is 0 Å². The van der Waals surface area contributed by atoms with Gasteiger partial charge in [-0.15, -0.1) is 0 Å². The van der Waals surface area contributed by atoms with Crippen LogP contribution in [0.3, 0.4) is 0 Å². The lowest BCUT2D eigenvalue weighted by Crippen LogP contribution is -2.26. The molecule has 0 saturated heterocycles. The number of carbonyl (C=O) groups is 1. The predicted octanol–water partition coefficient (Wildman–Crippen LogP) is -0.282. The highest BCUT2D eigenvalue weighted by molar-refractivity contribution is 7.89. The van der Waals surface area contributed by atoms with Gasteiger partial charge in [0.05, 0.1) is 6.26 Å². The molecule has 0 spiro atoms. The van der Waals surface area contributed by atoms with Gasteiger partial charge >= 0.3 is 0 Å². The number of carbonyl (C=O) groups excluding carboxylic acids is 1. The van der Waals surface area contributed by atoms with E-state index < -0.39 is 15.9 Å². The van der Waals surface area contributed by atoms with Crippen molar-refractivity contribution in [1.82, 2.24) is 4.72 Å². The van der Waals surface area contributed by atoms with Crippen molar-refractivity contribution in [2.75, 3.05) is 6.26 Å². The first kappa shape index (κ1) is 11.2. The lowest BCUT2D eigenvalue weighted by molar-refractivity contribution is -0.117. The molecule has 1 N–H and O–H groups in total. The Morgan fingerprint density at radius 3 is 1.78 bits per heavy atom. The predicted molar refractivity (Wildman–Crippen MR) is 35.4 cm³/mol. The van der Waals surface area contributed by atoms with Crippen LogP contribution in [-0.4, -0.2) is 20.6 Å². The third kappa shape index (κ3) is 11.2. The van der Waals surface area contributed by atoms with Crippen LogP contribution in [0.5, 0.6) is 0 Å². The van der Waals surface area contributed by atoms with Gasteiger partial charge < -0.3 is 0 Å². The first-order chi connectivity index (χ1) is 3.42. The average molecular weight is 153 g/mol. The largest absolute Gasteiger partial charge is 0.274 e. The van der Waals surface area contributed by atoms with E-state index in [0.717, 1.165) is 13.2 Å². The fourth-order valence-electron chi connectivity index (χ4n) is 0.261. The molecule has 0 aliphatic rings. The Hall–Kier alpha value is -0.580. The molecular weight excluding hydrogens is 142 g/mol. The topological polar surface area (TPSA) is 63.2 Å². The van der Waals surface area contributed by atoms with Crippen LogP contribution >= 0.6 is 0 Å². The van der Waals surface area contributed by atoms with Crippen molar-refractivity contribution in [1.29, 1.82) is 0 Å². The van der Waals surface area contributed by atoms with Gasteiger partial charge in [-0.2, -0.15) is 0 Å². The number of amides is 1. The van der Waals surface area contributed by atoms with Gasteiger partial charge in [-0.25, -0.2) is 8.42 Å². The van der Waals surface area contributed by atoms with E-state index in [-0.39, 0.29) is 7.43 Å². The summed E-state index contributed by atoms with van der Waals surface area (Å²) in [5, 5.41) is 0. The molecular formula is C4H11NO3S. The summed E-state index contributed by atoms with van der Waals surface area (Å²) in [7, 11) is -3.32. The van der Waals surface area contributed by atoms with Crippen molar-refractivity contribution in [2.24, 2.45) is 0 Å². The Bertz CT molecular complexity index is 182. The molecule has 5 heteroatoms. The van der Waals surface area contributed by atoms with E-state index in [1.165, 1.54) is 0 Å². The van der Waals surface area contributed by atoms with Gasteiger partial charge in [0.1, 0.15) is 0 Å². The van der Waals surface area contributed by atoms with Crippen LogP contribution in [0.25, 0.3) is 0 Å². The maximum atomic E-state index is 10.1. The maximum absolute atomic E-state index is 10.1. The van der Waals surface area contributed by atoms with Gasteiger partial charge in [-0.1, -0.05) is 7.43 Å². The smallest absolute Gasteiger partial charge is 0.231 e. The molecule has 56 valence electrons. The van der Waals surface area contributed by atoms with Crippen molar-refractivity contribution in [3.05, 3.63) is 0 Å². The van der Waals surface area contributed by atoms with E-state index in [4.69, 9.17) is 0 Å². The lowest BCUT2D eigenvalue weighted by atomic mass is 10.8. The zero-order valence-corrected chi connectivity index (χ0v) is 5.45. The monoisotopic (exact) mass is 153 g/mol. The summed E-state index contributed by atoms with van der Waals surface area (Å²) in [6, 6.07) is 0. The summed E-state index contributed by atoms with van der Waals surface area (Å²) in [4.78, 5) is 9.97. The lowest BCUT2D eigenvalue weighted by Gasteiger charge is -1.93. The van der Waals surface area contributed by atoms with E-state index in [1.54, 1.807) is 4.72 Å². The molecule has 0 aromatic heterocycles. The van der Waals surface area contributed by atoms with Crippen LogP contribution in [0.2, 0.25) is 0 Å². The zero-order valence-electron chi connectivity index (χ0n) is 4.63. The molecule has 0 aliphatic carbocycles. The van der Waals surface area contributed by atoms with Crippen molar-refractivity contribution >= 4 is 15.9 Å². The maximum Gasteiger partial charge on any atom is 0.231 e. The minimum Gasteiger partial charge on any atom is -0.274 e. The number of hydrogen-bond donors (Lipinski definition) is 1. The minimum atomic E-state index is -3.32. The Kier molecular flexibility index (Phi) is 4.31. The van der Waals surface area contributed by atoms with Crippen LogP contribution in [0.15, 0.2) is 0 Å². The van der Waals surface area contributed by atoms with Crippen LogP contribution in [0.1, 0.15) is 14.4 Å². The summed E-state index contributed by atoms with van der Waals surface area (Å²) < 4.78 is 21.9. The van der Waals surface area contributed by atoms with Crippen molar-refractivity contribution in [2.45, 2.75) is 14.4 Å². The van der Waals surface area contributed by atoms with E-state index in [1.807, 2.05) is 0 Å². The molecule has 0 atom stereocenters. The molecule has 0 bridgehead atoms. The van der Waals surface area contributed by atoms with Gasteiger partial charge in [-0.3, -0.25) is 9.52 Å². The van der Waals surface area contributed by atoms with Crippen LogP contribution < -0.4 is 4.72 Å². The van der Waals surface area contributed by atoms with E-state index in [0.29, 0.717) is 0 Å². The summed E-state index contributed by atoms with van der Waals surface area (Å²) in [5.74, 6) is -0.562. The van der Waals surface area contributed by atoms with Gasteiger partial charge in [0.2, 0.25) is 15.9 Å². The molecule has 0 unspecified atom stereocenters. The highest BCUT2D eigenvalue weighted by Crippen LogP contribution is 1.70. The number of rotatable bonds is 1. The van der Waals surface area contributed by atoms with Crippen molar-refractivity contribution < 1.29 is 13.2 Å². The fourth-order valence-corrected chi connectivity index (χ4v) is 0.783. The summed E-state index contributed by atoms with van der Waals surface area (Å²) in [6.07, 6.45) is 0.925. The SMILES string of the molecule is C.CC(=O)NS(C)(=O)=O. The Labute approximate surface area is 55.3 Å². The quantitative estimate of drug-likeness (QED) is 0.563. The molecule has 0 heterocycles. The second kappa shape index (κ2) is 3.45. The molecule has 0 saturated carbocycles. The van der Waals surface area contributed by atoms with Gasteiger partial charge in [0, 0.05) is 6.92 Å². The average Bonchev–Trinajstić information content (AvgIpc) is 1.21. The van der Waals surface area contributed by atoms with Gasteiger partial charge in [-0.05, 0) is 0 Å². The Morgan fingerprint density at radius 2 is 1.78 bits per heavy atom. The Balaban J connectivity index is 0. The highest BCUT2D eigenvalue weighted by atomic mass is 32.2. The third-order valence-electron chi connectivity index (χ3n) is 0.329. The molecule has 9 heavy (non-hydrogen) atoms. The molecule has 0 aromatic carbocycles. The van der Waals surface area contributed by atoms with Crippen LogP contribution in [-0.2, 0) is 14.8 Å². The zero-order chi connectivity index (χ0) is 6.78. The van der Waals surface area contributed by atoms with Crippen molar-refractivity contribution in [3.63, 3.8) is 0 Å². The Morgan fingerprint density at radius 1 is 1.44 bits per heavy atom. The van der Waals surface area contributed by atoms with Crippen molar-refractivity contribution in [3.8, 4) is 0 Å². The summed E-state index contributed by atoms with van der Waals surface area (Å²) in [6.45, 7) is 1.14. The molecule has 1 amide bonds. The highest BCUT2D eigenvalue weighted by Gasteiger charge is 1.99. The van der Waals surface area contributed by atoms with E-state index in [2.05, 4.69) is 0 Å². The molecule has 4 nitrogen and oxygen atoms in total. The van der Waals surface area contributed by atoms with E-state index in [9.17, 15) is 13.2 Å². The second-order valence-corrected chi connectivity index (χ2v) is 3.18. The van der Waals surface area contributed by atoms with Crippen LogP contribution in [0.4, 0.5) is 0 Å². The molecule has 0 radical (unpaired) electrons. The van der Waals surface area contributed by atoms with Gasteiger partial charge in [0.15, 0.2) is 0 Å². The first-order valence-electron chi connectivity index (χ1n) is 1.90.